The lowest BCUT2D eigenvalue weighted by Crippen LogP contribution is -2.27. The second-order valence-electron chi connectivity index (χ2n) is 3.75. The highest BCUT2D eigenvalue weighted by Crippen LogP contribution is 2.33. The average Bonchev–Trinajstić information content (AvgIpc) is 2.42. The zero-order chi connectivity index (χ0) is 15.1. The normalized spacial score (nSPS) is 11.0. The Hall–Kier alpha value is -1.36. The lowest BCUT2D eigenvalue weighted by atomic mass is 10.1. The van der Waals surface area contributed by atoms with E-state index in [1.165, 1.54) is 13.2 Å². The summed E-state index contributed by atoms with van der Waals surface area (Å²) in [6, 6.07) is 5.07. The summed E-state index contributed by atoms with van der Waals surface area (Å²) in [5.74, 6) is -0.407. The van der Waals surface area contributed by atoms with Crippen LogP contribution in [0, 0.1) is 11.3 Å². The number of nitriles is 1. The van der Waals surface area contributed by atoms with Crippen molar-refractivity contribution < 1.29 is 14.6 Å². The molecule has 106 valence electrons. The predicted molar refractivity (Wildman–Crippen MR) is 82.0 cm³/mol. The number of methoxy groups -OCH3 is 1. The van der Waals surface area contributed by atoms with Crippen molar-refractivity contribution in [3.63, 3.8) is 0 Å². The maximum Gasteiger partial charge on any atom is 0.262 e. The maximum atomic E-state index is 11.8. The van der Waals surface area contributed by atoms with E-state index in [0.29, 0.717) is 27.7 Å². The van der Waals surface area contributed by atoms with Crippen molar-refractivity contribution in [1.82, 2.24) is 5.32 Å². The molecule has 7 heteroatoms. The van der Waals surface area contributed by atoms with Gasteiger partial charge in [0.25, 0.3) is 5.91 Å². The summed E-state index contributed by atoms with van der Waals surface area (Å²) in [4.78, 5) is 11.8. The zero-order valence-electron chi connectivity index (χ0n) is 10.6. The van der Waals surface area contributed by atoms with E-state index in [1.807, 2.05) is 6.07 Å². The first-order valence-electron chi connectivity index (χ1n) is 5.56. The van der Waals surface area contributed by atoms with Crippen LogP contribution < -0.4 is 5.32 Å². The Morgan fingerprint density at radius 3 is 2.60 bits per heavy atom. The van der Waals surface area contributed by atoms with Crippen LogP contribution >= 0.6 is 31.9 Å². The monoisotopic (exact) mass is 402 g/mol. The molecule has 0 aliphatic heterocycles. The second-order valence-corrected chi connectivity index (χ2v) is 5.46. The minimum Gasteiger partial charge on any atom is -0.506 e. The lowest BCUT2D eigenvalue weighted by molar-refractivity contribution is -0.117. The molecule has 0 aromatic heterocycles. The van der Waals surface area contributed by atoms with E-state index in [2.05, 4.69) is 37.2 Å². The number of nitrogens with zero attached hydrogens (tertiary/aromatic N) is 1. The van der Waals surface area contributed by atoms with Gasteiger partial charge in [-0.25, -0.2) is 0 Å². The molecular formula is C13H12Br2N2O3. The smallest absolute Gasteiger partial charge is 0.262 e. The highest BCUT2D eigenvalue weighted by Gasteiger charge is 2.10. The van der Waals surface area contributed by atoms with Crippen LogP contribution in [0.25, 0.3) is 6.08 Å². The second kappa shape index (κ2) is 8.04. The number of aromatic hydroxyl groups is 1. The predicted octanol–water partition coefficient (Wildman–Crippen LogP) is 2.59. The van der Waals surface area contributed by atoms with Crippen molar-refractivity contribution in [3.05, 3.63) is 32.2 Å². The van der Waals surface area contributed by atoms with Crippen LogP contribution in [0.15, 0.2) is 26.7 Å². The van der Waals surface area contributed by atoms with Gasteiger partial charge in [-0.05, 0) is 55.6 Å². The number of halogens is 2. The quantitative estimate of drug-likeness (QED) is 0.449. The third kappa shape index (κ3) is 4.63. The summed E-state index contributed by atoms with van der Waals surface area (Å²) in [6.07, 6.45) is 1.44. The Labute approximate surface area is 133 Å². The van der Waals surface area contributed by atoms with E-state index in [0.717, 1.165) is 0 Å². The van der Waals surface area contributed by atoms with Gasteiger partial charge in [0.05, 0.1) is 15.6 Å². The lowest BCUT2D eigenvalue weighted by Gasteiger charge is -2.05. The van der Waals surface area contributed by atoms with E-state index in [4.69, 9.17) is 10.00 Å². The van der Waals surface area contributed by atoms with Gasteiger partial charge in [-0.1, -0.05) is 0 Å². The molecule has 0 bridgehead atoms. The van der Waals surface area contributed by atoms with Crippen LogP contribution in [-0.4, -0.2) is 31.3 Å². The molecule has 0 radical (unpaired) electrons. The molecule has 2 N–H and O–H groups in total. The molecular weight excluding hydrogens is 392 g/mol. The summed E-state index contributed by atoms with van der Waals surface area (Å²) >= 11 is 6.38. The van der Waals surface area contributed by atoms with Crippen LogP contribution in [0.5, 0.6) is 5.75 Å². The summed E-state index contributed by atoms with van der Waals surface area (Å²) in [5, 5.41) is 21.2. The molecule has 0 unspecified atom stereocenters. The van der Waals surface area contributed by atoms with E-state index in [9.17, 15) is 9.90 Å². The third-order valence-electron chi connectivity index (χ3n) is 2.31. The van der Waals surface area contributed by atoms with Gasteiger partial charge < -0.3 is 15.2 Å². The number of nitrogens with one attached hydrogen (secondary N) is 1. The van der Waals surface area contributed by atoms with Crippen molar-refractivity contribution in [2.45, 2.75) is 0 Å². The minimum absolute atomic E-state index is 0.0226. The van der Waals surface area contributed by atoms with Gasteiger partial charge in [-0.3, -0.25) is 4.79 Å². The molecule has 1 rings (SSSR count). The SMILES string of the molecule is COCCNC(=O)/C(C#N)=C\c1cc(Br)c(O)c(Br)c1. The number of carbonyl (C=O) groups is 1. The number of hydrogen-bond donors (Lipinski definition) is 2. The highest BCUT2D eigenvalue weighted by atomic mass is 79.9. The molecule has 0 saturated carbocycles. The molecule has 1 aromatic carbocycles. The molecule has 0 aliphatic carbocycles. The van der Waals surface area contributed by atoms with Crippen LogP contribution in [0.2, 0.25) is 0 Å². The van der Waals surface area contributed by atoms with E-state index < -0.39 is 5.91 Å². The van der Waals surface area contributed by atoms with Gasteiger partial charge in [0, 0.05) is 13.7 Å². The number of amides is 1. The molecule has 0 fully saturated rings. The van der Waals surface area contributed by atoms with Crippen molar-refractivity contribution in [3.8, 4) is 11.8 Å². The number of carbonyl (C=O) groups excluding carboxylic acids is 1. The first-order chi connectivity index (χ1) is 9.49. The van der Waals surface area contributed by atoms with Crippen molar-refractivity contribution in [2.75, 3.05) is 20.3 Å². The van der Waals surface area contributed by atoms with Crippen LogP contribution in [0.4, 0.5) is 0 Å². The van der Waals surface area contributed by atoms with E-state index in [-0.39, 0.29) is 11.3 Å². The minimum atomic E-state index is -0.468. The Kier molecular flexibility index (Phi) is 6.71. The first-order valence-corrected chi connectivity index (χ1v) is 7.15. The molecule has 1 aromatic rings. The molecule has 5 nitrogen and oxygen atoms in total. The highest BCUT2D eigenvalue weighted by molar-refractivity contribution is 9.11. The van der Waals surface area contributed by atoms with Gasteiger partial charge >= 0.3 is 0 Å². The molecule has 0 saturated heterocycles. The topological polar surface area (TPSA) is 82.3 Å². The van der Waals surface area contributed by atoms with E-state index in [1.54, 1.807) is 12.1 Å². The Bertz CT molecular complexity index is 556. The van der Waals surface area contributed by atoms with Crippen LogP contribution in [-0.2, 0) is 9.53 Å². The van der Waals surface area contributed by atoms with Gasteiger partial charge in [0.15, 0.2) is 0 Å². The Morgan fingerprint density at radius 2 is 2.10 bits per heavy atom. The number of hydrogen-bond acceptors (Lipinski definition) is 4. The molecule has 0 atom stereocenters. The molecule has 1 amide bonds. The fourth-order valence-electron chi connectivity index (χ4n) is 1.35. The number of phenols is 1. The van der Waals surface area contributed by atoms with Gasteiger partial charge in [-0.15, -0.1) is 0 Å². The number of rotatable bonds is 5. The molecule has 0 heterocycles. The molecule has 0 aliphatic rings. The fourth-order valence-corrected chi connectivity index (χ4v) is 2.57. The zero-order valence-corrected chi connectivity index (χ0v) is 13.8. The van der Waals surface area contributed by atoms with Gasteiger partial charge in [0.2, 0.25) is 0 Å². The van der Waals surface area contributed by atoms with Gasteiger partial charge in [-0.2, -0.15) is 5.26 Å². The number of ether oxygens (including phenoxy) is 1. The van der Waals surface area contributed by atoms with Gasteiger partial charge in [0.1, 0.15) is 17.4 Å². The largest absolute Gasteiger partial charge is 0.506 e. The average molecular weight is 404 g/mol. The molecule has 20 heavy (non-hydrogen) atoms. The summed E-state index contributed by atoms with van der Waals surface area (Å²) in [7, 11) is 1.53. The fraction of sp³-hybridized carbons (Fsp3) is 0.231. The van der Waals surface area contributed by atoms with Crippen LogP contribution in [0.1, 0.15) is 5.56 Å². The van der Waals surface area contributed by atoms with Crippen molar-refractivity contribution in [2.24, 2.45) is 0 Å². The summed E-state index contributed by atoms with van der Waals surface area (Å²) in [5.41, 5.74) is 0.589. The Morgan fingerprint density at radius 1 is 1.50 bits per heavy atom. The first kappa shape index (κ1) is 16.7. The standard InChI is InChI=1S/C13H12Br2N2O3/c1-20-3-2-17-13(19)9(7-16)4-8-5-10(14)12(18)11(15)6-8/h4-6,18H,2-3H2,1H3,(H,17,19)/b9-4-. The van der Waals surface area contributed by atoms with Crippen molar-refractivity contribution >= 4 is 43.8 Å². The van der Waals surface area contributed by atoms with Crippen molar-refractivity contribution in [1.29, 1.82) is 5.26 Å². The number of phenolic OH excluding ortho intramolecular Hbond substituents is 1. The number of benzene rings is 1. The van der Waals surface area contributed by atoms with E-state index >= 15 is 0 Å². The third-order valence-corrected chi connectivity index (χ3v) is 3.52. The summed E-state index contributed by atoms with van der Waals surface area (Å²) < 4.78 is 5.75. The maximum absolute atomic E-state index is 11.8. The Balaban J connectivity index is 2.95. The summed E-state index contributed by atoms with van der Waals surface area (Å²) in [6.45, 7) is 0.706. The van der Waals surface area contributed by atoms with Crippen LogP contribution in [0.3, 0.4) is 0 Å². The molecule has 0 spiro atoms.